The molecule has 6 heteroatoms. The van der Waals surface area contributed by atoms with Gasteiger partial charge >= 0.3 is 0 Å². The van der Waals surface area contributed by atoms with Gasteiger partial charge in [0.1, 0.15) is 5.75 Å². The van der Waals surface area contributed by atoms with Crippen LogP contribution >= 0.6 is 0 Å². The Bertz CT molecular complexity index is 863. The summed E-state index contributed by atoms with van der Waals surface area (Å²) in [7, 11) is 0. The van der Waals surface area contributed by atoms with Crippen molar-refractivity contribution < 1.29 is 14.0 Å². The first-order valence-electron chi connectivity index (χ1n) is 8.53. The Hall–Kier alpha value is -2.73. The van der Waals surface area contributed by atoms with Gasteiger partial charge < -0.3 is 14.0 Å². The van der Waals surface area contributed by atoms with Crippen LogP contribution in [0.3, 0.4) is 0 Å². The van der Waals surface area contributed by atoms with E-state index in [1.54, 1.807) is 12.3 Å². The average molecular weight is 335 g/mol. The van der Waals surface area contributed by atoms with Gasteiger partial charge in [-0.2, -0.15) is 4.98 Å². The minimum atomic E-state index is 0.230. The summed E-state index contributed by atoms with van der Waals surface area (Å²) >= 11 is 0. The van der Waals surface area contributed by atoms with Gasteiger partial charge in [-0.1, -0.05) is 23.4 Å². The topological polar surface area (TPSA) is 70.3 Å². The van der Waals surface area contributed by atoms with Gasteiger partial charge in [0.2, 0.25) is 17.6 Å². The molecule has 3 unspecified atom stereocenters. The Morgan fingerprint density at radius 3 is 2.68 bits per heavy atom. The van der Waals surface area contributed by atoms with E-state index in [4.69, 9.17) is 14.0 Å². The molecule has 2 bridgehead atoms. The number of nitrogens with zero attached hydrogens (tertiary/aromatic N) is 3. The highest BCUT2D eigenvalue weighted by atomic mass is 16.5. The normalized spacial score (nSPS) is 24.6. The molecule has 0 saturated carbocycles. The van der Waals surface area contributed by atoms with Gasteiger partial charge in [-0.15, -0.1) is 0 Å². The second kappa shape index (κ2) is 5.97. The van der Waals surface area contributed by atoms with Crippen molar-refractivity contribution in [2.45, 2.75) is 37.4 Å². The van der Waals surface area contributed by atoms with Crippen LogP contribution in [0.4, 0.5) is 0 Å². The fourth-order valence-corrected chi connectivity index (χ4v) is 3.58. The van der Waals surface area contributed by atoms with Crippen molar-refractivity contribution in [1.29, 1.82) is 0 Å². The standard InChI is InChI=1S/C19H17N3O3/c1-2-4-13(5-3-1)24-17-9-6-12(11-20-17)18-21-19(25-22-18)15-10-14-7-8-16(15)23-14/h1-6,9,11,14-16H,7-8,10H2. The minimum Gasteiger partial charge on any atom is -0.439 e. The Morgan fingerprint density at radius 2 is 1.96 bits per heavy atom. The molecule has 0 amide bonds. The summed E-state index contributed by atoms with van der Waals surface area (Å²) < 4.78 is 17.0. The van der Waals surface area contributed by atoms with E-state index in [0.29, 0.717) is 23.7 Å². The van der Waals surface area contributed by atoms with E-state index in [-0.39, 0.29) is 12.0 Å². The molecule has 0 spiro atoms. The van der Waals surface area contributed by atoms with Crippen molar-refractivity contribution in [2.75, 3.05) is 0 Å². The van der Waals surface area contributed by atoms with Crippen molar-refractivity contribution in [2.24, 2.45) is 0 Å². The lowest BCUT2D eigenvalue weighted by Crippen LogP contribution is -2.14. The van der Waals surface area contributed by atoms with Crippen LogP contribution in [0.15, 0.2) is 53.2 Å². The lowest BCUT2D eigenvalue weighted by molar-refractivity contribution is 0.0974. The molecule has 6 nitrogen and oxygen atoms in total. The van der Waals surface area contributed by atoms with E-state index in [2.05, 4.69) is 15.1 Å². The fraction of sp³-hybridized carbons (Fsp3) is 0.316. The summed E-state index contributed by atoms with van der Waals surface area (Å²) in [4.78, 5) is 8.88. The molecule has 0 aliphatic carbocycles. The average Bonchev–Trinajstić information content (AvgIpc) is 3.40. The number of para-hydroxylation sites is 1. The molecule has 1 aromatic carbocycles. The molecule has 126 valence electrons. The Labute approximate surface area is 144 Å². The molecular weight excluding hydrogens is 318 g/mol. The number of benzene rings is 1. The molecule has 2 fully saturated rings. The predicted octanol–water partition coefficient (Wildman–Crippen LogP) is 3.96. The molecule has 3 atom stereocenters. The van der Waals surface area contributed by atoms with Crippen molar-refractivity contribution in [3.8, 4) is 23.0 Å². The van der Waals surface area contributed by atoms with Gasteiger partial charge in [-0.3, -0.25) is 0 Å². The number of fused-ring (bicyclic) bond motifs is 2. The molecule has 0 N–H and O–H groups in total. The molecule has 25 heavy (non-hydrogen) atoms. The van der Waals surface area contributed by atoms with Crippen LogP contribution in [-0.2, 0) is 4.74 Å². The van der Waals surface area contributed by atoms with E-state index < -0.39 is 0 Å². The highest BCUT2D eigenvalue weighted by Gasteiger charge is 2.44. The Kier molecular flexibility index (Phi) is 3.48. The number of aromatic nitrogens is 3. The first-order chi connectivity index (χ1) is 12.3. The van der Waals surface area contributed by atoms with E-state index in [0.717, 1.165) is 30.6 Å². The minimum absolute atomic E-state index is 0.230. The maximum atomic E-state index is 5.87. The Balaban J connectivity index is 1.32. The molecule has 4 heterocycles. The van der Waals surface area contributed by atoms with Gasteiger partial charge in [0.05, 0.1) is 18.1 Å². The third-order valence-corrected chi connectivity index (χ3v) is 4.83. The SMILES string of the molecule is c1ccc(Oc2ccc(-c3noc(C4CC5CCC4O5)n3)cn2)cc1. The molecule has 3 aromatic rings. The number of hydrogen-bond acceptors (Lipinski definition) is 6. The van der Waals surface area contributed by atoms with Crippen LogP contribution < -0.4 is 4.74 Å². The zero-order valence-electron chi connectivity index (χ0n) is 13.5. The zero-order valence-corrected chi connectivity index (χ0v) is 13.5. The summed E-state index contributed by atoms with van der Waals surface area (Å²) in [5.74, 6) is 2.73. The maximum absolute atomic E-state index is 5.87. The lowest BCUT2D eigenvalue weighted by atomic mass is 9.89. The van der Waals surface area contributed by atoms with Gasteiger partial charge in [0.25, 0.3) is 0 Å². The molecule has 0 radical (unpaired) electrons. The van der Waals surface area contributed by atoms with Crippen molar-refractivity contribution in [3.05, 3.63) is 54.6 Å². The van der Waals surface area contributed by atoms with Gasteiger partial charge in [-0.25, -0.2) is 4.98 Å². The smallest absolute Gasteiger partial charge is 0.232 e. The first-order valence-corrected chi connectivity index (χ1v) is 8.53. The van der Waals surface area contributed by atoms with Crippen molar-refractivity contribution in [1.82, 2.24) is 15.1 Å². The third-order valence-electron chi connectivity index (χ3n) is 4.83. The maximum Gasteiger partial charge on any atom is 0.232 e. The van der Waals surface area contributed by atoms with Crippen molar-refractivity contribution >= 4 is 0 Å². The highest BCUT2D eigenvalue weighted by Crippen LogP contribution is 2.44. The number of ether oxygens (including phenoxy) is 2. The van der Waals surface area contributed by atoms with Gasteiger partial charge in [0.15, 0.2) is 0 Å². The van der Waals surface area contributed by atoms with Crippen molar-refractivity contribution in [3.63, 3.8) is 0 Å². The lowest BCUT2D eigenvalue weighted by Gasteiger charge is -2.13. The molecule has 2 aliphatic heterocycles. The fourth-order valence-electron chi connectivity index (χ4n) is 3.58. The summed E-state index contributed by atoms with van der Waals surface area (Å²) in [6, 6.07) is 13.2. The van der Waals surface area contributed by atoms with Crippen LogP contribution in [0, 0.1) is 0 Å². The number of hydrogen-bond donors (Lipinski definition) is 0. The quantitative estimate of drug-likeness (QED) is 0.719. The summed E-state index contributed by atoms with van der Waals surface area (Å²) in [5, 5.41) is 4.11. The van der Waals surface area contributed by atoms with E-state index in [1.807, 2.05) is 36.4 Å². The van der Waals surface area contributed by atoms with Gasteiger partial charge in [-0.05, 0) is 37.5 Å². The molecule has 5 rings (SSSR count). The molecule has 2 aromatic heterocycles. The Morgan fingerprint density at radius 1 is 1.04 bits per heavy atom. The van der Waals surface area contributed by atoms with Crippen LogP contribution in [0.2, 0.25) is 0 Å². The van der Waals surface area contributed by atoms with E-state index >= 15 is 0 Å². The summed E-state index contributed by atoms with van der Waals surface area (Å²) in [6.45, 7) is 0. The molecular formula is C19H17N3O3. The van der Waals surface area contributed by atoms with Gasteiger partial charge in [0, 0.05) is 17.8 Å². The number of rotatable bonds is 4. The van der Waals surface area contributed by atoms with Crippen LogP contribution in [0.25, 0.3) is 11.4 Å². The molecule has 2 saturated heterocycles. The van der Waals surface area contributed by atoms with E-state index in [9.17, 15) is 0 Å². The second-order valence-corrected chi connectivity index (χ2v) is 6.47. The summed E-state index contributed by atoms with van der Waals surface area (Å²) in [6.07, 6.45) is 5.51. The van der Waals surface area contributed by atoms with Crippen LogP contribution in [0.1, 0.15) is 31.1 Å². The summed E-state index contributed by atoms with van der Waals surface area (Å²) in [5.41, 5.74) is 0.805. The van der Waals surface area contributed by atoms with Crippen LogP contribution in [0.5, 0.6) is 11.6 Å². The largest absolute Gasteiger partial charge is 0.439 e. The monoisotopic (exact) mass is 335 g/mol. The number of pyridine rings is 1. The van der Waals surface area contributed by atoms with E-state index in [1.165, 1.54) is 0 Å². The third kappa shape index (κ3) is 2.78. The molecule has 2 aliphatic rings. The highest BCUT2D eigenvalue weighted by molar-refractivity contribution is 5.53. The predicted molar refractivity (Wildman–Crippen MR) is 89.3 cm³/mol. The second-order valence-electron chi connectivity index (χ2n) is 6.47. The first kappa shape index (κ1) is 14.6. The zero-order chi connectivity index (χ0) is 16.6. The van der Waals surface area contributed by atoms with Crippen LogP contribution in [-0.4, -0.2) is 27.3 Å².